The molecule has 2 aromatic heterocycles. The molecule has 2 aromatic rings. The quantitative estimate of drug-likeness (QED) is 0.841. The predicted molar refractivity (Wildman–Crippen MR) is 98.9 cm³/mol. The molecule has 1 aliphatic heterocycles. The number of piperazine rings is 1. The van der Waals surface area contributed by atoms with E-state index in [9.17, 15) is 0 Å². The summed E-state index contributed by atoms with van der Waals surface area (Å²) >= 11 is 0. The van der Waals surface area contributed by atoms with Gasteiger partial charge in [0.25, 0.3) is 0 Å². The van der Waals surface area contributed by atoms with Crippen molar-refractivity contribution in [1.82, 2.24) is 15.0 Å². The number of aromatic nitrogens is 3. The summed E-state index contributed by atoms with van der Waals surface area (Å²) in [5.74, 6) is 1.84. The number of rotatable bonds is 5. The summed E-state index contributed by atoms with van der Waals surface area (Å²) in [6.07, 6.45) is 5.58. The molecule has 1 unspecified atom stereocenters. The molecule has 0 N–H and O–H groups in total. The lowest BCUT2D eigenvalue weighted by atomic mass is 10.1. The van der Waals surface area contributed by atoms with Gasteiger partial charge in [-0.25, -0.2) is 4.98 Å². The molecule has 1 fully saturated rings. The van der Waals surface area contributed by atoms with Crippen LogP contribution in [-0.4, -0.2) is 53.7 Å². The molecular weight excluding hydrogens is 300 g/mol. The Balaban J connectivity index is 1.74. The van der Waals surface area contributed by atoms with Gasteiger partial charge in [0.05, 0.1) is 0 Å². The first-order valence-corrected chi connectivity index (χ1v) is 8.72. The second-order valence-corrected chi connectivity index (χ2v) is 6.08. The van der Waals surface area contributed by atoms with Gasteiger partial charge < -0.3 is 14.7 Å². The number of anilines is 3. The summed E-state index contributed by atoms with van der Waals surface area (Å²) in [7, 11) is 0. The summed E-state index contributed by atoms with van der Waals surface area (Å²) < 4.78 is 0. The van der Waals surface area contributed by atoms with Crippen LogP contribution in [0.25, 0.3) is 0 Å². The molecule has 1 aliphatic rings. The van der Waals surface area contributed by atoms with E-state index in [1.165, 1.54) is 5.69 Å². The lowest BCUT2D eigenvalue weighted by molar-refractivity contribution is 0.545. The van der Waals surface area contributed by atoms with Crippen LogP contribution in [-0.2, 0) is 0 Å². The van der Waals surface area contributed by atoms with Gasteiger partial charge in [-0.2, -0.15) is 4.98 Å². The predicted octanol–water partition coefficient (Wildman–Crippen LogP) is 2.43. The molecule has 6 heteroatoms. The Hall–Kier alpha value is -2.37. The molecule has 3 heterocycles. The van der Waals surface area contributed by atoms with Gasteiger partial charge in [-0.1, -0.05) is 0 Å². The van der Waals surface area contributed by atoms with Crippen molar-refractivity contribution in [2.45, 2.75) is 26.8 Å². The maximum atomic E-state index is 4.80. The Kier molecular flexibility index (Phi) is 5.13. The van der Waals surface area contributed by atoms with Crippen molar-refractivity contribution in [2.24, 2.45) is 0 Å². The maximum absolute atomic E-state index is 4.80. The molecule has 0 spiro atoms. The zero-order valence-corrected chi connectivity index (χ0v) is 14.8. The van der Waals surface area contributed by atoms with E-state index in [1.54, 1.807) is 0 Å². The molecule has 0 amide bonds. The molecule has 3 rings (SSSR count). The summed E-state index contributed by atoms with van der Waals surface area (Å²) in [6, 6.07) is 6.56. The summed E-state index contributed by atoms with van der Waals surface area (Å²) in [5.41, 5.74) is 1.24. The zero-order valence-electron chi connectivity index (χ0n) is 14.8. The molecule has 1 atom stereocenters. The van der Waals surface area contributed by atoms with E-state index in [4.69, 9.17) is 4.98 Å². The van der Waals surface area contributed by atoms with E-state index in [0.717, 1.165) is 44.5 Å². The summed E-state index contributed by atoms with van der Waals surface area (Å²) in [6.45, 7) is 11.3. The Labute approximate surface area is 144 Å². The van der Waals surface area contributed by atoms with Crippen LogP contribution >= 0.6 is 0 Å². The van der Waals surface area contributed by atoms with Crippen LogP contribution in [0.15, 0.2) is 36.8 Å². The van der Waals surface area contributed by atoms with Gasteiger partial charge in [-0.15, -0.1) is 0 Å². The minimum atomic E-state index is 0.395. The van der Waals surface area contributed by atoms with Crippen molar-refractivity contribution in [3.63, 3.8) is 0 Å². The van der Waals surface area contributed by atoms with Crippen LogP contribution in [0.1, 0.15) is 20.8 Å². The largest absolute Gasteiger partial charge is 0.368 e. The molecule has 128 valence electrons. The van der Waals surface area contributed by atoms with E-state index >= 15 is 0 Å². The highest BCUT2D eigenvalue weighted by Crippen LogP contribution is 2.23. The van der Waals surface area contributed by atoms with Crippen LogP contribution < -0.4 is 14.7 Å². The van der Waals surface area contributed by atoms with Crippen molar-refractivity contribution in [3.8, 4) is 0 Å². The fourth-order valence-electron chi connectivity index (χ4n) is 3.25. The standard InChI is InChI=1S/C18H26N6/c1-4-22(5-2)18-20-11-8-17(21-18)24-13-12-23(14-15(24)3)16-6-9-19-10-7-16/h6-11,15H,4-5,12-14H2,1-3H3. The van der Waals surface area contributed by atoms with Crippen LogP contribution in [0.2, 0.25) is 0 Å². The Morgan fingerprint density at radius 1 is 1.08 bits per heavy atom. The van der Waals surface area contributed by atoms with E-state index in [0.29, 0.717) is 6.04 Å². The van der Waals surface area contributed by atoms with E-state index in [2.05, 4.69) is 57.6 Å². The third-order valence-electron chi connectivity index (χ3n) is 4.62. The molecule has 0 saturated carbocycles. The molecular formula is C18H26N6. The monoisotopic (exact) mass is 326 g/mol. The van der Waals surface area contributed by atoms with Gasteiger partial charge in [0, 0.05) is 63.0 Å². The summed E-state index contributed by atoms with van der Waals surface area (Å²) in [4.78, 5) is 20.3. The minimum absolute atomic E-state index is 0.395. The van der Waals surface area contributed by atoms with Crippen molar-refractivity contribution in [1.29, 1.82) is 0 Å². The average molecular weight is 326 g/mol. The normalized spacial score (nSPS) is 17.9. The van der Waals surface area contributed by atoms with Crippen molar-refractivity contribution in [3.05, 3.63) is 36.8 Å². The van der Waals surface area contributed by atoms with Crippen LogP contribution in [0.4, 0.5) is 17.5 Å². The van der Waals surface area contributed by atoms with Gasteiger partial charge >= 0.3 is 0 Å². The smallest absolute Gasteiger partial charge is 0.227 e. The first-order chi connectivity index (χ1) is 11.7. The van der Waals surface area contributed by atoms with Gasteiger partial charge in [0.2, 0.25) is 5.95 Å². The van der Waals surface area contributed by atoms with E-state index in [1.807, 2.05) is 24.7 Å². The van der Waals surface area contributed by atoms with Gasteiger partial charge in [-0.05, 0) is 39.0 Å². The maximum Gasteiger partial charge on any atom is 0.227 e. The lowest BCUT2D eigenvalue weighted by Gasteiger charge is -2.41. The lowest BCUT2D eigenvalue weighted by Crippen LogP contribution is -2.52. The zero-order chi connectivity index (χ0) is 16.9. The van der Waals surface area contributed by atoms with Crippen molar-refractivity contribution < 1.29 is 0 Å². The number of pyridine rings is 1. The first-order valence-electron chi connectivity index (χ1n) is 8.72. The van der Waals surface area contributed by atoms with Crippen LogP contribution in [0, 0.1) is 0 Å². The third-order valence-corrected chi connectivity index (χ3v) is 4.62. The average Bonchev–Trinajstić information content (AvgIpc) is 2.64. The van der Waals surface area contributed by atoms with Gasteiger partial charge in [0.1, 0.15) is 5.82 Å². The summed E-state index contributed by atoms with van der Waals surface area (Å²) in [5, 5.41) is 0. The SMILES string of the molecule is CCN(CC)c1nccc(N2CCN(c3ccncc3)CC2C)n1. The third kappa shape index (κ3) is 3.42. The minimum Gasteiger partial charge on any atom is -0.368 e. The second kappa shape index (κ2) is 7.47. The molecule has 6 nitrogen and oxygen atoms in total. The highest BCUT2D eigenvalue weighted by atomic mass is 15.3. The topological polar surface area (TPSA) is 48.4 Å². The highest BCUT2D eigenvalue weighted by molar-refractivity contribution is 5.50. The van der Waals surface area contributed by atoms with E-state index < -0.39 is 0 Å². The van der Waals surface area contributed by atoms with Crippen molar-refractivity contribution >= 4 is 17.5 Å². The Bertz CT molecular complexity index is 643. The molecule has 0 bridgehead atoms. The highest BCUT2D eigenvalue weighted by Gasteiger charge is 2.25. The first kappa shape index (κ1) is 16.5. The van der Waals surface area contributed by atoms with Crippen LogP contribution in [0.5, 0.6) is 0 Å². The van der Waals surface area contributed by atoms with E-state index in [-0.39, 0.29) is 0 Å². The van der Waals surface area contributed by atoms with Gasteiger partial charge in [-0.3, -0.25) is 4.98 Å². The fraction of sp³-hybridized carbons (Fsp3) is 0.500. The number of hydrogen-bond acceptors (Lipinski definition) is 6. The number of nitrogens with zero attached hydrogens (tertiary/aromatic N) is 6. The van der Waals surface area contributed by atoms with Crippen molar-refractivity contribution in [2.75, 3.05) is 47.4 Å². The fourth-order valence-corrected chi connectivity index (χ4v) is 3.25. The van der Waals surface area contributed by atoms with Crippen LogP contribution in [0.3, 0.4) is 0 Å². The molecule has 24 heavy (non-hydrogen) atoms. The Morgan fingerprint density at radius 3 is 2.50 bits per heavy atom. The van der Waals surface area contributed by atoms with Gasteiger partial charge in [0.15, 0.2) is 0 Å². The molecule has 0 aliphatic carbocycles. The molecule has 0 aromatic carbocycles. The molecule has 1 saturated heterocycles. The molecule has 0 radical (unpaired) electrons. The number of hydrogen-bond donors (Lipinski definition) is 0. The Morgan fingerprint density at radius 2 is 1.83 bits per heavy atom. The second-order valence-electron chi connectivity index (χ2n) is 6.08.